The number of alkyl halides is 1. The van der Waals surface area contributed by atoms with E-state index in [0.717, 1.165) is 0 Å². The standard InChI is InChI=1S/C8H16FNO2/c1-6(5-9)10-7(11)12-8(2,3)4/h6H,5H2,1-4H3,(H,10,11)/t6-/m1/s1. The van der Waals surface area contributed by atoms with E-state index in [4.69, 9.17) is 4.74 Å². The van der Waals surface area contributed by atoms with E-state index in [0.29, 0.717) is 0 Å². The van der Waals surface area contributed by atoms with E-state index in [2.05, 4.69) is 5.32 Å². The van der Waals surface area contributed by atoms with E-state index >= 15 is 0 Å². The Balaban J connectivity index is 3.75. The van der Waals surface area contributed by atoms with Gasteiger partial charge in [0.2, 0.25) is 0 Å². The molecule has 0 bridgehead atoms. The van der Waals surface area contributed by atoms with Crippen LogP contribution < -0.4 is 5.32 Å². The van der Waals surface area contributed by atoms with Crippen LogP contribution in [0, 0.1) is 0 Å². The maximum absolute atomic E-state index is 11.9. The summed E-state index contributed by atoms with van der Waals surface area (Å²) in [5.74, 6) is 0. The zero-order chi connectivity index (χ0) is 9.78. The van der Waals surface area contributed by atoms with Gasteiger partial charge in [0, 0.05) is 0 Å². The van der Waals surface area contributed by atoms with E-state index in [1.54, 1.807) is 27.7 Å². The predicted molar refractivity (Wildman–Crippen MR) is 44.8 cm³/mol. The lowest BCUT2D eigenvalue weighted by Crippen LogP contribution is -2.38. The molecular weight excluding hydrogens is 161 g/mol. The molecule has 12 heavy (non-hydrogen) atoms. The number of alkyl carbamates (subject to hydrolysis) is 1. The molecule has 0 aromatic heterocycles. The van der Waals surface area contributed by atoms with Gasteiger partial charge in [-0.15, -0.1) is 0 Å². The highest BCUT2D eigenvalue weighted by molar-refractivity contribution is 5.67. The van der Waals surface area contributed by atoms with Gasteiger partial charge in [-0.1, -0.05) is 0 Å². The molecule has 0 unspecified atom stereocenters. The average molecular weight is 177 g/mol. The van der Waals surface area contributed by atoms with Crippen LogP contribution in [0.3, 0.4) is 0 Å². The molecule has 0 spiro atoms. The number of ether oxygens (including phenoxy) is 1. The molecule has 1 N–H and O–H groups in total. The Labute approximate surface area is 72.3 Å². The van der Waals surface area contributed by atoms with Crippen LogP contribution >= 0.6 is 0 Å². The summed E-state index contributed by atoms with van der Waals surface area (Å²) < 4.78 is 16.8. The van der Waals surface area contributed by atoms with Crippen molar-refractivity contribution < 1.29 is 13.9 Å². The van der Waals surface area contributed by atoms with Crippen LogP contribution in [0.25, 0.3) is 0 Å². The number of amides is 1. The highest BCUT2D eigenvalue weighted by Crippen LogP contribution is 2.06. The Kier molecular flexibility index (Phi) is 4.00. The summed E-state index contributed by atoms with van der Waals surface area (Å²) in [7, 11) is 0. The molecule has 0 aliphatic rings. The van der Waals surface area contributed by atoms with E-state index in [-0.39, 0.29) is 0 Å². The van der Waals surface area contributed by atoms with Crippen molar-refractivity contribution in [2.75, 3.05) is 6.67 Å². The summed E-state index contributed by atoms with van der Waals surface area (Å²) >= 11 is 0. The highest BCUT2D eigenvalue weighted by Gasteiger charge is 2.17. The van der Waals surface area contributed by atoms with Crippen LogP contribution in [0.15, 0.2) is 0 Å². The molecule has 0 saturated heterocycles. The van der Waals surface area contributed by atoms with Crippen LogP contribution in [0.4, 0.5) is 9.18 Å². The molecule has 4 heteroatoms. The van der Waals surface area contributed by atoms with Crippen molar-refractivity contribution in [1.29, 1.82) is 0 Å². The number of hydrogen-bond donors (Lipinski definition) is 1. The number of nitrogens with one attached hydrogen (secondary N) is 1. The van der Waals surface area contributed by atoms with Gasteiger partial charge in [0.05, 0.1) is 6.04 Å². The molecule has 0 aromatic carbocycles. The first-order valence-electron chi connectivity index (χ1n) is 3.90. The second-order valence-electron chi connectivity index (χ2n) is 3.70. The fourth-order valence-electron chi connectivity index (χ4n) is 0.547. The van der Waals surface area contributed by atoms with Crippen molar-refractivity contribution in [3.63, 3.8) is 0 Å². The van der Waals surface area contributed by atoms with Crippen LogP contribution in [0.5, 0.6) is 0 Å². The summed E-state index contributed by atoms with van der Waals surface area (Å²) in [5.41, 5.74) is -0.528. The SMILES string of the molecule is C[C@H](CF)NC(=O)OC(C)(C)C. The Bertz CT molecular complexity index is 154. The number of rotatable bonds is 2. The molecule has 0 aliphatic heterocycles. The van der Waals surface area contributed by atoms with Gasteiger partial charge in [-0.05, 0) is 27.7 Å². The van der Waals surface area contributed by atoms with Crippen molar-refractivity contribution in [3.05, 3.63) is 0 Å². The summed E-state index contributed by atoms with van der Waals surface area (Å²) in [4.78, 5) is 10.9. The predicted octanol–water partition coefficient (Wildman–Crippen LogP) is 1.87. The fraction of sp³-hybridized carbons (Fsp3) is 0.875. The van der Waals surface area contributed by atoms with Gasteiger partial charge in [-0.2, -0.15) is 0 Å². The van der Waals surface area contributed by atoms with E-state index in [9.17, 15) is 9.18 Å². The normalized spacial score (nSPS) is 13.8. The maximum Gasteiger partial charge on any atom is 0.407 e. The minimum absolute atomic E-state index is 0.486. The molecule has 72 valence electrons. The van der Waals surface area contributed by atoms with E-state index in [1.165, 1.54) is 0 Å². The summed E-state index contributed by atoms with van der Waals surface area (Å²) in [6.07, 6.45) is -0.576. The largest absolute Gasteiger partial charge is 0.444 e. The molecule has 0 rings (SSSR count). The topological polar surface area (TPSA) is 38.3 Å². The molecule has 1 amide bonds. The third kappa shape index (κ3) is 5.95. The van der Waals surface area contributed by atoms with Crippen molar-refractivity contribution in [2.24, 2.45) is 0 Å². The lowest BCUT2D eigenvalue weighted by atomic mass is 10.2. The second-order valence-corrected chi connectivity index (χ2v) is 3.70. The first-order chi connectivity index (χ1) is 5.35. The first-order valence-corrected chi connectivity index (χ1v) is 3.90. The third-order valence-corrected chi connectivity index (χ3v) is 0.995. The van der Waals surface area contributed by atoms with Gasteiger partial charge >= 0.3 is 6.09 Å². The number of carbonyl (C=O) groups excluding carboxylic acids is 1. The number of halogens is 1. The maximum atomic E-state index is 11.9. The first kappa shape index (κ1) is 11.2. The van der Waals surface area contributed by atoms with Crippen molar-refractivity contribution in [1.82, 2.24) is 5.32 Å². The quantitative estimate of drug-likeness (QED) is 0.699. The Morgan fingerprint density at radius 1 is 1.58 bits per heavy atom. The van der Waals surface area contributed by atoms with Crippen LogP contribution in [0.2, 0.25) is 0 Å². The molecule has 0 aromatic rings. The molecule has 0 fully saturated rings. The van der Waals surface area contributed by atoms with Gasteiger partial charge in [-0.3, -0.25) is 0 Å². The molecule has 0 radical (unpaired) electrons. The van der Waals surface area contributed by atoms with Crippen molar-refractivity contribution in [2.45, 2.75) is 39.3 Å². The Morgan fingerprint density at radius 3 is 2.42 bits per heavy atom. The van der Waals surface area contributed by atoms with E-state index < -0.39 is 24.4 Å². The second kappa shape index (κ2) is 4.28. The zero-order valence-electron chi connectivity index (χ0n) is 7.98. The van der Waals surface area contributed by atoms with Crippen molar-refractivity contribution in [3.8, 4) is 0 Å². The summed E-state index contributed by atoms with van der Waals surface area (Å²) in [6.45, 7) is 6.26. The number of carbonyl (C=O) groups is 1. The third-order valence-electron chi connectivity index (χ3n) is 0.995. The van der Waals surface area contributed by atoms with Gasteiger partial charge in [0.1, 0.15) is 12.3 Å². The van der Waals surface area contributed by atoms with Gasteiger partial charge in [0.15, 0.2) is 0 Å². The molecular formula is C8H16FNO2. The summed E-state index contributed by atoms with van der Waals surface area (Å²) in [5, 5.41) is 2.35. The minimum atomic E-state index is -0.584. The van der Waals surface area contributed by atoms with Crippen LogP contribution in [-0.4, -0.2) is 24.4 Å². The Morgan fingerprint density at radius 2 is 2.08 bits per heavy atom. The summed E-state index contributed by atoms with van der Waals surface area (Å²) in [6, 6.07) is -0.486. The molecule has 1 atom stereocenters. The lowest BCUT2D eigenvalue weighted by molar-refractivity contribution is 0.0501. The van der Waals surface area contributed by atoms with Gasteiger partial charge in [0.25, 0.3) is 0 Å². The molecule has 0 heterocycles. The minimum Gasteiger partial charge on any atom is -0.444 e. The highest BCUT2D eigenvalue weighted by atomic mass is 19.1. The van der Waals surface area contributed by atoms with Crippen LogP contribution in [-0.2, 0) is 4.74 Å². The van der Waals surface area contributed by atoms with Gasteiger partial charge < -0.3 is 10.1 Å². The number of hydrogen-bond acceptors (Lipinski definition) is 2. The smallest absolute Gasteiger partial charge is 0.407 e. The van der Waals surface area contributed by atoms with E-state index in [1.807, 2.05) is 0 Å². The monoisotopic (exact) mass is 177 g/mol. The van der Waals surface area contributed by atoms with Crippen molar-refractivity contribution >= 4 is 6.09 Å². The molecule has 0 saturated carbocycles. The van der Waals surface area contributed by atoms with Crippen LogP contribution in [0.1, 0.15) is 27.7 Å². The van der Waals surface area contributed by atoms with Gasteiger partial charge in [-0.25, -0.2) is 9.18 Å². The fourth-order valence-corrected chi connectivity index (χ4v) is 0.547. The average Bonchev–Trinajstić information content (AvgIpc) is 1.82. The molecule has 3 nitrogen and oxygen atoms in total. The Hall–Kier alpha value is -0.800. The zero-order valence-corrected chi connectivity index (χ0v) is 7.98. The molecule has 0 aliphatic carbocycles. The lowest BCUT2D eigenvalue weighted by Gasteiger charge is -2.20.